The second-order valence-electron chi connectivity index (χ2n) is 3.11. The van der Waals surface area contributed by atoms with Crippen molar-refractivity contribution in [1.82, 2.24) is 0 Å². The van der Waals surface area contributed by atoms with Crippen LogP contribution in [0, 0.1) is 11.3 Å². The average Bonchev–Trinajstić information content (AvgIpc) is 2.16. The molecule has 0 bridgehead atoms. The highest BCUT2D eigenvalue weighted by Crippen LogP contribution is 2.52. The first-order valence-electron chi connectivity index (χ1n) is 3.33. The molecule has 0 radical (unpaired) electrons. The summed E-state index contributed by atoms with van der Waals surface area (Å²) in [5.41, 5.74) is 0.578. The van der Waals surface area contributed by atoms with Crippen molar-refractivity contribution < 1.29 is 0 Å². The Morgan fingerprint density at radius 1 is 1.62 bits per heavy atom. The van der Waals surface area contributed by atoms with Crippen LogP contribution in [-0.4, -0.2) is 0 Å². The molecule has 0 aromatic carbocycles. The zero-order valence-electron chi connectivity index (χ0n) is 5.94. The third-order valence-electron chi connectivity index (χ3n) is 2.26. The molecule has 2 unspecified atom stereocenters. The van der Waals surface area contributed by atoms with Gasteiger partial charge in [0, 0.05) is 0 Å². The van der Waals surface area contributed by atoms with E-state index >= 15 is 0 Å². The van der Waals surface area contributed by atoms with Crippen LogP contribution in [0.25, 0.3) is 0 Å². The summed E-state index contributed by atoms with van der Waals surface area (Å²) in [5, 5.41) is 0. The van der Waals surface area contributed by atoms with Gasteiger partial charge in [0.05, 0.1) is 0 Å². The van der Waals surface area contributed by atoms with Crippen LogP contribution in [0.2, 0.25) is 0 Å². The minimum absolute atomic E-state index is 0.578. The lowest BCUT2D eigenvalue weighted by atomic mass is 10.1. The predicted molar refractivity (Wildman–Crippen MR) is 36.7 cm³/mol. The standard InChI is InChI=1S/C8H14/c1-4-5-8(3)6-7(8)2/h4-5,7H,6H2,1-3H3. The Morgan fingerprint density at radius 2 is 2.12 bits per heavy atom. The summed E-state index contributed by atoms with van der Waals surface area (Å²) in [7, 11) is 0. The van der Waals surface area contributed by atoms with Crippen LogP contribution in [0.5, 0.6) is 0 Å². The maximum atomic E-state index is 2.32. The van der Waals surface area contributed by atoms with Crippen molar-refractivity contribution in [3.63, 3.8) is 0 Å². The van der Waals surface area contributed by atoms with Crippen LogP contribution < -0.4 is 0 Å². The average molecular weight is 110 g/mol. The SMILES string of the molecule is CC=CC1(C)CC1C. The monoisotopic (exact) mass is 110 g/mol. The van der Waals surface area contributed by atoms with Gasteiger partial charge in [-0.2, -0.15) is 0 Å². The molecule has 0 heteroatoms. The van der Waals surface area contributed by atoms with Gasteiger partial charge in [0.1, 0.15) is 0 Å². The van der Waals surface area contributed by atoms with Gasteiger partial charge >= 0.3 is 0 Å². The molecular formula is C8H14. The number of hydrogen-bond donors (Lipinski definition) is 0. The van der Waals surface area contributed by atoms with Gasteiger partial charge in [0.2, 0.25) is 0 Å². The molecule has 0 saturated heterocycles. The maximum Gasteiger partial charge on any atom is -0.0118 e. The van der Waals surface area contributed by atoms with Crippen LogP contribution in [0.15, 0.2) is 12.2 Å². The molecule has 0 nitrogen and oxygen atoms in total. The van der Waals surface area contributed by atoms with E-state index in [1.807, 2.05) is 0 Å². The quantitative estimate of drug-likeness (QED) is 0.455. The van der Waals surface area contributed by atoms with Gasteiger partial charge in [-0.1, -0.05) is 26.0 Å². The van der Waals surface area contributed by atoms with Crippen LogP contribution in [0.4, 0.5) is 0 Å². The van der Waals surface area contributed by atoms with E-state index < -0.39 is 0 Å². The van der Waals surface area contributed by atoms with E-state index in [0.717, 1.165) is 5.92 Å². The van der Waals surface area contributed by atoms with Gasteiger partial charge in [-0.25, -0.2) is 0 Å². The van der Waals surface area contributed by atoms with Gasteiger partial charge < -0.3 is 0 Å². The third-order valence-corrected chi connectivity index (χ3v) is 2.26. The number of rotatable bonds is 1. The first-order valence-corrected chi connectivity index (χ1v) is 3.33. The fourth-order valence-corrected chi connectivity index (χ4v) is 1.21. The Labute approximate surface area is 51.6 Å². The van der Waals surface area contributed by atoms with E-state index in [-0.39, 0.29) is 0 Å². The van der Waals surface area contributed by atoms with Crippen LogP contribution in [-0.2, 0) is 0 Å². The van der Waals surface area contributed by atoms with E-state index in [0.29, 0.717) is 5.41 Å². The van der Waals surface area contributed by atoms with Crippen LogP contribution in [0.3, 0.4) is 0 Å². The Bertz CT molecular complexity index is 113. The fraction of sp³-hybridized carbons (Fsp3) is 0.750. The second-order valence-corrected chi connectivity index (χ2v) is 3.11. The molecule has 1 rings (SSSR count). The molecule has 0 heterocycles. The lowest BCUT2D eigenvalue weighted by Gasteiger charge is -1.97. The first-order chi connectivity index (χ1) is 3.69. The lowest BCUT2D eigenvalue weighted by molar-refractivity contribution is 0.663. The van der Waals surface area contributed by atoms with Gasteiger partial charge in [-0.05, 0) is 24.7 Å². The topological polar surface area (TPSA) is 0 Å². The molecule has 0 aliphatic heterocycles. The van der Waals surface area contributed by atoms with Gasteiger partial charge in [-0.3, -0.25) is 0 Å². The molecule has 1 aliphatic carbocycles. The molecular weight excluding hydrogens is 96.1 g/mol. The molecule has 8 heavy (non-hydrogen) atoms. The zero-order chi connectivity index (χ0) is 6.20. The normalized spacial score (nSPS) is 45.6. The summed E-state index contributed by atoms with van der Waals surface area (Å²) in [4.78, 5) is 0. The highest BCUT2D eigenvalue weighted by atomic mass is 14.5. The molecule has 0 N–H and O–H groups in total. The lowest BCUT2D eigenvalue weighted by Crippen LogP contribution is -1.87. The van der Waals surface area contributed by atoms with Crippen molar-refractivity contribution >= 4 is 0 Å². The van der Waals surface area contributed by atoms with Crippen molar-refractivity contribution in [2.45, 2.75) is 27.2 Å². The highest BCUT2D eigenvalue weighted by molar-refractivity contribution is 5.09. The second kappa shape index (κ2) is 1.61. The Balaban J connectivity index is 2.47. The zero-order valence-corrected chi connectivity index (χ0v) is 5.94. The number of hydrogen-bond acceptors (Lipinski definition) is 0. The summed E-state index contributed by atoms with van der Waals surface area (Å²) in [5.74, 6) is 0.929. The molecule has 2 atom stereocenters. The van der Waals surface area contributed by atoms with Crippen molar-refractivity contribution in [1.29, 1.82) is 0 Å². The van der Waals surface area contributed by atoms with Crippen LogP contribution in [0.1, 0.15) is 27.2 Å². The highest BCUT2D eigenvalue weighted by Gasteiger charge is 2.43. The van der Waals surface area contributed by atoms with Crippen molar-refractivity contribution in [3.05, 3.63) is 12.2 Å². The Hall–Kier alpha value is -0.260. The molecule has 1 saturated carbocycles. The molecule has 46 valence electrons. The van der Waals surface area contributed by atoms with Crippen molar-refractivity contribution in [2.75, 3.05) is 0 Å². The minimum Gasteiger partial charge on any atom is -0.0911 e. The van der Waals surface area contributed by atoms with Crippen molar-refractivity contribution in [3.8, 4) is 0 Å². The smallest absolute Gasteiger partial charge is 0.0118 e. The maximum absolute atomic E-state index is 2.32. The van der Waals surface area contributed by atoms with Gasteiger partial charge in [0.15, 0.2) is 0 Å². The molecule has 0 aromatic heterocycles. The summed E-state index contributed by atoms with van der Waals surface area (Å²) in [6.45, 7) is 6.72. The van der Waals surface area contributed by atoms with E-state index in [1.54, 1.807) is 0 Å². The summed E-state index contributed by atoms with van der Waals surface area (Å²) >= 11 is 0. The van der Waals surface area contributed by atoms with Crippen LogP contribution >= 0.6 is 0 Å². The van der Waals surface area contributed by atoms with E-state index in [4.69, 9.17) is 0 Å². The molecule has 1 aliphatic rings. The molecule has 0 spiro atoms. The van der Waals surface area contributed by atoms with Crippen molar-refractivity contribution in [2.24, 2.45) is 11.3 Å². The first kappa shape index (κ1) is 5.87. The molecule has 0 aromatic rings. The van der Waals surface area contributed by atoms with Gasteiger partial charge in [-0.15, -0.1) is 0 Å². The molecule has 1 fully saturated rings. The number of allylic oxidation sites excluding steroid dienone is 2. The predicted octanol–water partition coefficient (Wildman–Crippen LogP) is 2.61. The Morgan fingerprint density at radius 3 is 2.25 bits per heavy atom. The third kappa shape index (κ3) is 0.795. The summed E-state index contributed by atoms with van der Waals surface area (Å²) < 4.78 is 0. The molecule has 0 amide bonds. The minimum atomic E-state index is 0.578. The van der Waals surface area contributed by atoms with E-state index in [9.17, 15) is 0 Å². The summed E-state index contributed by atoms with van der Waals surface area (Å²) in [6.07, 6.45) is 5.86. The summed E-state index contributed by atoms with van der Waals surface area (Å²) in [6, 6.07) is 0. The van der Waals surface area contributed by atoms with E-state index in [1.165, 1.54) is 6.42 Å². The Kier molecular flexibility index (Phi) is 1.18. The van der Waals surface area contributed by atoms with E-state index in [2.05, 4.69) is 32.9 Å². The fourth-order valence-electron chi connectivity index (χ4n) is 1.21. The largest absolute Gasteiger partial charge is 0.0911 e. The van der Waals surface area contributed by atoms with Gasteiger partial charge in [0.25, 0.3) is 0 Å².